The van der Waals surface area contributed by atoms with Crippen molar-refractivity contribution in [2.75, 3.05) is 6.61 Å². The molecule has 0 saturated carbocycles. The standard InChI is InChI=1S/C27H30O6/c28-25-15-9-3-8-14-21-22(32-25)16-23(29-17-19-10-4-1-5-11-19)26-24(31-21)18-30-27(33-26)20-12-6-2-7-13-20/h1-8,10-13,21-24,26-27H,9,14-18H2/b8-3-/t21-,22+,23+,24+,26-,27+/m0/s1. The van der Waals surface area contributed by atoms with Crippen molar-refractivity contribution in [3.8, 4) is 0 Å². The van der Waals surface area contributed by atoms with Gasteiger partial charge in [0.2, 0.25) is 0 Å². The molecule has 6 nitrogen and oxygen atoms in total. The van der Waals surface area contributed by atoms with Crippen LogP contribution in [-0.2, 0) is 35.1 Å². The molecule has 33 heavy (non-hydrogen) atoms. The third-order valence-electron chi connectivity index (χ3n) is 6.37. The van der Waals surface area contributed by atoms with E-state index in [0.29, 0.717) is 38.9 Å². The highest BCUT2D eigenvalue weighted by molar-refractivity contribution is 5.69. The van der Waals surface area contributed by atoms with Crippen LogP contribution in [0, 0.1) is 0 Å². The number of hydrogen-bond acceptors (Lipinski definition) is 6. The molecule has 174 valence electrons. The first-order chi connectivity index (χ1) is 16.3. The van der Waals surface area contributed by atoms with Crippen LogP contribution in [-0.4, -0.2) is 43.1 Å². The number of carbonyl (C=O) groups is 1. The van der Waals surface area contributed by atoms with Gasteiger partial charge in [-0.05, 0) is 18.4 Å². The van der Waals surface area contributed by atoms with Gasteiger partial charge < -0.3 is 23.7 Å². The lowest BCUT2D eigenvalue weighted by atomic mass is 9.99. The van der Waals surface area contributed by atoms with Crippen LogP contribution in [0.3, 0.4) is 0 Å². The second-order valence-corrected chi connectivity index (χ2v) is 8.73. The highest BCUT2D eigenvalue weighted by atomic mass is 16.7. The van der Waals surface area contributed by atoms with E-state index in [4.69, 9.17) is 23.7 Å². The van der Waals surface area contributed by atoms with Gasteiger partial charge in [0, 0.05) is 18.4 Å². The zero-order valence-electron chi connectivity index (χ0n) is 18.6. The van der Waals surface area contributed by atoms with E-state index in [1.807, 2.05) is 66.7 Å². The number of fused-ring (bicyclic) bond motifs is 2. The fraction of sp³-hybridized carbons (Fsp3) is 0.444. The van der Waals surface area contributed by atoms with E-state index in [9.17, 15) is 4.79 Å². The monoisotopic (exact) mass is 450 g/mol. The van der Waals surface area contributed by atoms with Crippen molar-refractivity contribution in [2.24, 2.45) is 0 Å². The van der Waals surface area contributed by atoms with Crippen molar-refractivity contribution in [2.45, 2.75) is 69.1 Å². The molecule has 2 aromatic rings. The van der Waals surface area contributed by atoms with Crippen molar-refractivity contribution in [1.82, 2.24) is 0 Å². The van der Waals surface area contributed by atoms with Crippen molar-refractivity contribution >= 4 is 5.97 Å². The van der Waals surface area contributed by atoms with E-state index in [0.717, 1.165) is 11.1 Å². The molecule has 0 radical (unpaired) electrons. The number of esters is 1. The molecule has 0 aromatic heterocycles. The highest BCUT2D eigenvalue weighted by Gasteiger charge is 2.46. The average Bonchev–Trinajstić information content (AvgIpc) is 2.93. The zero-order valence-corrected chi connectivity index (χ0v) is 18.6. The average molecular weight is 451 g/mol. The molecule has 0 N–H and O–H groups in total. The minimum absolute atomic E-state index is 0.203. The predicted molar refractivity (Wildman–Crippen MR) is 121 cm³/mol. The van der Waals surface area contributed by atoms with Crippen LogP contribution in [0.15, 0.2) is 72.8 Å². The Kier molecular flexibility index (Phi) is 7.17. The van der Waals surface area contributed by atoms with Crippen molar-refractivity contribution in [3.63, 3.8) is 0 Å². The van der Waals surface area contributed by atoms with Gasteiger partial charge in [0.25, 0.3) is 0 Å². The van der Waals surface area contributed by atoms with Crippen molar-refractivity contribution in [3.05, 3.63) is 83.9 Å². The summed E-state index contributed by atoms with van der Waals surface area (Å²) in [6.45, 7) is 0.830. The quantitative estimate of drug-likeness (QED) is 0.505. The number of ether oxygens (including phenoxy) is 5. The number of hydrogen-bond donors (Lipinski definition) is 0. The summed E-state index contributed by atoms with van der Waals surface area (Å²) in [5.74, 6) is -0.203. The fourth-order valence-corrected chi connectivity index (χ4v) is 4.65. The Hall–Kier alpha value is -2.51. The Bertz CT molecular complexity index is 930. The Morgan fingerprint density at radius 3 is 2.48 bits per heavy atom. The maximum absolute atomic E-state index is 12.4. The number of carbonyl (C=O) groups excluding carboxylic acids is 1. The third-order valence-corrected chi connectivity index (χ3v) is 6.37. The largest absolute Gasteiger partial charge is 0.459 e. The smallest absolute Gasteiger partial charge is 0.306 e. The van der Waals surface area contributed by atoms with Gasteiger partial charge >= 0.3 is 5.97 Å². The molecule has 0 bridgehead atoms. The predicted octanol–water partition coefficient (Wildman–Crippen LogP) is 4.50. The maximum atomic E-state index is 12.4. The molecule has 5 rings (SSSR count). The summed E-state index contributed by atoms with van der Waals surface area (Å²) in [6, 6.07) is 19.9. The van der Waals surface area contributed by atoms with E-state index in [2.05, 4.69) is 6.08 Å². The van der Waals surface area contributed by atoms with Crippen LogP contribution in [0.5, 0.6) is 0 Å². The van der Waals surface area contributed by atoms with Crippen LogP contribution in [0.1, 0.15) is 43.1 Å². The van der Waals surface area contributed by atoms with Crippen LogP contribution < -0.4 is 0 Å². The molecule has 2 fully saturated rings. The topological polar surface area (TPSA) is 63.2 Å². The fourth-order valence-electron chi connectivity index (χ4n) is 4.65. The molecular weight excluding hydrogens is 420 g/mol. The zero-order chi connectivity index (χ0) is 22.5. The lowest BCUT2D eigenvalue weighted by molar-refractivity contribution is -0.288. The second-order valence-electron chi connectivity index (χ2n) is 8.73. The van der Waals surface area contributed by atoms with E-state index in [1.165, 1.54) is 0 Å². The molecule has 6 heteroatoms. The first-order valence-electron chi connectivity index (χ1n) is 11.7. The highest BCUT2D eigenvalue weighted by Crippen LogP contribution is 2.36. The van der Waals surface area contributed by atoms with E-state index < -0.39 is 12.4 Å². The summed E-state index contributed by atoms with van der Waals surface area (Å²) >= 11 is 0. The Morgan fingerprint density at radius 2 is 1.67 bits per heavy atom. The summed E-state index contributed by atoms with van der Waals surface area (Å²) in [6.07, 6.45) is 4.24. The normalized spacial score (nSPS) is 33.3. The Morgan fingerprint density at radius 1 is 0.879 bits per heavy atom. The van der Waals surface area contributed by atoms with Crippen molar-refractivity contribution in [1.29, 1.82) is 0 Å². The van der Waals surface area contributed by atoms with Crippen LogP contribution in [0.2, 0.25) is 0 Å². The van der Waals surface area contributed by atoms with Gasteiger partial charge in [-0.1, -0.05) is 72.8 Å². The van der Waals surface area contributed by atoms with Gasteiger partial charge in [-0.15, -0.1) is 0 Å². The van der Waals surface area contributed by atoms with Gasteiger partial charge in [-0.3, -0.25) is 4.79 Å². The summed E-state index contributed by atoms with van der Waals surface area (Å²) < 4.78 is 31.3. The van der Waals surface area contributed by atoms with E-state index in [1.54, 1.807) is 0 Å². The molecule has 3 heterocycles. The number of rotatable bonds is 4. The van der Waals surface area contributed by atoms with E-state index in [-0.39, 0.29) is 30.4 Å². The van der Waals surface area contributed by atoms with Gasteiger partial charge in [-0.2, -0.15) is 0 Å². The number of allylic oxidation sites excluding steroid dienone is 1. The van der Waals surface area contributed by atoms with Gasteiger partial charge in [0.1, 0.15) is 18.3 Å². The summed E-state index contributed by atoms with van der Waals surface area (Å²) in [4.78, 5) is 12.4. The Labute approximate surface area is 194 Å². The molecule has 3 aliphatic rings. The minimum Gasteiger partial charge on any atom is -0.459 e. The van der Waals surface area contributed by atoms with Crippen LogP contribution in [0.25, 0.3) is 0 Å². The molecular formula is C27H30O6. The van der Waals surface area contributed by atoms with Crippen molar-refractivity contribution < 1.29 is 28.5 Å². The summed E-state index contributed by atoms with van der Waals surface area (Å²) in [7, 11) is 0. The summed E-state index contributed by atoms with van der Waals surface area (Å²) in [5.41, 5.74) is 2.04. The molecule has 2 saturated heterocycles. The number of benzene rings is 2. The minimum atomic E-state index is -0.491. The Balaban J connectivity index is 1.40. The second kappa shape index (κ2) is 10.6. The van der Waals surface area contributed by atoms with Gasteiger partial charge in [0.05, 0.1) is 25.4 Å². The maximum Gasteiger partial charge on any atom is 0.306 e. The van der Waals surface area contributed by atoms with E-state index >= 15 is 0 Å². The third kappa shape index (κ3) is 5.53. The molecule has 0 spiro atoms. The summed E-state index contributed by atoms with van der Waals surface area (Å²) in [5, 5.41) is 0. The lowest BCUT2D eigenvalue weighted by Gasteiger charge is -2.39. The molecule has 0 unspecified atom stereocenters. The first-order valence-corrected chi connectivity index (χ1v) is 11.7. The molecule has 2 aromatic carbocycles. The van der Waals surface area contributed by atoms with Gasteiger partial charge in [0.15, 0.2) is 6.29 Å². The molecule has 0 aliphatic carbocycles. The van der Waals surface area contributed by atoms with Gasteiger partial charge in [-0.25, -0.2) is 0 Å². The first kappa shape index (κ1) is 22.3. The van der Waals surface area contributed by atoms with Crippen LogP contribution >= 0.6 is 0 Å². The molecule has 0 amide bonds. The lowest BCUT2D eigenvalue weighted by Crippen LogP contribution is -2.48. The SMILES string of the molecule is O=C1CC/C=C\C[C@@H]2O[C@@H]3CO[C@@H](c4ccccc4)O[C@H]3[C@H](OCc3ccccc3)C[C@H]2O1. The van der Waals surface area contributed by atoms with Crippen LogP contribution in [0.4, 0.5) is 0 Å². The molecule has 6 atom stereocenters. The molecule has 3 aliphatic heterocycles.